The molecule has 0 spiro atoms. The molecular formula is C44H38N2. The molecule has 0 atom stereocenters. The Balaban J connectivity index is 1.46. The maximum atomic E-state index is 2.46. The van der Waals surface area contributed by atoms with E-state index in [2.05, 4.69) is 173 Å². The van der Waals surface area contributed by atoms with Gasteiger partial charge in [-0.05, 0) is 123 Å². The predicted octanol–water partition coefficient (Wildman–Crippen LogP) is 12.1. The van der Waals surface area contributed by atoms with Gasteiger partial charge in [-0.1, -0.05) is 72.8 Å². The van der Waals surface area contributed by atoms with Crippen LogP contribution < -0.4 is 9.80 Å². The summed E-state index contributed by atoms with van der Waals surface area (Å²) >= 11 is 0. The van der Waals surface area contributed by atoms with Crippen molar-refractivity contribution in [2.75, 3.05) is 9.80 Å². The van der Waals surface area contributed by atoms with Crippen LogP contribution in [0.1, 0.15) is 55.6 Å². The summed E-state index contributed by atoms with van der Waals surface area (Å²) in [5, 5.41) is 0. The normalized spacial score (nSPS) is 13.3. The lowest BCUT2D eigenvalue weighted by atomic mass is 9.79. The molecular weight excluding hydrogens is 556 g/mol. The second-order valence-electron chi connectivity index (χ2n) is 12.9. The number of anilines is 6. The third-order valence-electron chi connectivity index (χ3n) is 10.2. The number of hydrogen-bond donors (Lipinski definition) is 0. The number of aryl methyl sites for hydroxylation is 4. The Bertz CT molecular complexity index is 1930. The largest absolute Gasteiger partial charge is 0.309 e. The Labute approximate surface area is 272 Å². The molecule has 0 aromatic heterocycles. The van der Waals surface area contributed by atoms with Crippen molar-refractivity contribution in [2.45, 2.75) is 41.5 Å². The summed E-state index contributed by atoms with van der Waals surface area (Å²) in [6.07, 6.45) is 0. The lowest BCUT2D eigenvalue weighted by Crippen LogP contribution is -2.22. The molecule has 0 N–H and O–H groups in total. The molecule has 2 aliphatic rings. The molecule has 224 valence electrons. The van der Waals surface area contributed by atoms with Crippen LogP contribution in [0, 0.1) is 41.5 Å². The van der Waals surface area contributed by atoms with Crippen LogP contribution in [-0.4, -0.2) is 0 Å². The van der Waals surface area contributed by atoms with E-state index in [-0.39, 0.29) is 0 Å². The topological polar surface area (TPSA) is 6.48 Å². The fraction of sp³-hybridized carbons (Fsp3) is 0.136. The maximum Gasteiger partial charge on any atom is 0.0540 e. The van der Waals surface area contributed by atoms with Crippen LogP contribution in [0.2, 0.25) is 0 Å². The minimum Gasteiger partial charge on any atom is -0.309 e. The van der Waals surface area contributed by atoms with E-state index in [4.69, 9.17) is 0 Å². The van der Waals surface area contributed by atoms with E-state index in [1.54, 1.807) is 0 Å². The molecule has 46 heavy (non-hydrogen) atoms. The van der Waals surface area contributed by atoms with Crippen LogP contribution in [0.15, 0.2) is 121 Å². The molecule has 8 rings (SSSR count). The predicted molar refractivity (Wildman–Crippen MR) is 196 cm³/mol. The summed E-state index contributed by atoms with van der Waals surface area (Å²) in [5.74, 6) is 0. The van der Waals surface area contributed by atoms with Crippen molar-refractivity contribution in [1.82, 2.24) is 0 Å². The molecule has 0 aliphatic carbocycles. The Morgan fingerprint density at radius 3 is 0.826 bits per heavy atom. The maximum absolute atomic E-state index is 2.46. The van der Waals surface area contributed by atoms with Crippen molar-refractivity contribution >= 4 is 45.3 Å². The average molecular weight is 595 g/mol. The van der Waals surface area contributed by atoms with E-state index in [9.17, 15) is 0 Å². The molecule has 0 radical (unpaired) electrons. The average Bonchev–Trinajstić information content (AvgIpc) is 3.07. The van der Waals surface area contributed by atoms with Crippen LogP contribution in [0.25, 0.3) is 11.1 Å². The summed E-state index contributed by atoms with van der Waals surface area (Å²) < 4.78 is 0. The van der Waals surface area contributed by atoms with Crippen LogP contribution >= 0.6 is 0 Å². The number of fused-ring (bicyclic) bond motifs is 4. The van der Waals surface area contributed by atoms with E-state index >= 15 is 0 Å². The second kappa shape index (κ2) is 10.6. The summed E-state index contributed by atoms with van der Waals surface area (Å²) in [6.45, 7) is 13.3. The van der Waals surface area contributed by atoms with E-state index in [1.807, 2.05) is 0 Å². The van der Waals surface area contributed by atoms with Crippen LogP contribution in [-0.2, 0) is 0 Å². The Hall–Kier alpha value is -5.34. The molecule has 6 aromatic rings. The molecule has 0 unspecified atom stereocenters. The number of para-hydroxylation sites is 4. The van der Waals surface area contributed by atoms with E-state index in [0.717, 1.165) is 0 Å². The number of nitrogens with zero attached hydrogens (tertiary/aromatic N) is 2. The van der Waals surface area contributed by atoms with Gasteiger partial charge in [-0.2, -0.15) is 0 Å². The van der Waals surface area contributed by atoms with Crippen LogP contribution in [0.3, 0.4) is 0 Å². The Morgan fingerprint density at radius 1 is 0.326 bits per heavy atom. The first-order valence-corrected chi connectivity index (χ1v) is 16.2. The standard InChI is InChI=1S/C44H38N2/c1-27-23-33(24-28(2)31(27)5)45-39-19-11-7-15-35(39)43(36-16-8-12-20-40(36)45)44-37-17-9-13-21-41(37)46(42-22-14-10-18-38(42)44)34-25-29(3)32(6)30(4)26-34/h7-26H,1-6H3. The van der Waals surface area contributed by atoms with Crippen molar-refractivity contribution < 1.29 is 0 Å². The van der Waals surface area contributed by atoms with Crippen molar-refractivity contribution in [3.8, 4) is 0 Å². The molecule has 2 heterocycles. The monoisotopic (exact) mass is 594 g/mol. The SMILES string of the molecule is Cc1cc(N2c3ccccc3C(=C3c4ccccc4N(c4cc(C)c(C)c(C)c4)c4ccccc43)c3ccccc32)cc(C)c1C. The number of benzene rings is 6. The van der Waals surface area contributed by atoms with E-state index < -0.39 is 0 Å². The highest BCUT2D eigenvalue weighted by atomic mass is 15.2. The Kier molecular flexibility index (Phi) is 6.51. The van der Waals surface area contributed by atoms with Gasteiger partial charge < -0.3 is 9.80 Å². The zero-order chi connectivity index (χ0) is 31.7. The van der Waals surface area contributed by atoms with Gasteiger partial charge in [0.25, 0.3) is 0 Å². The first kappa shape index (κ1) is 28.2. The van der Waals surface area contributed by atoms with Crippen LogP contribution in [0.4, 0.5) is 34.1 Å². The lowest BCUT2D eigenvalue weighted by molar-refractivity contribution is 1.19. The van der Waals surface area contributed by atoms with E-state index in [0.29, 0.717) is 0 Å². The minimum absolute atomic E-state index is 1.20. The van der Waals surface area contributed by atoms with Gasteiger partial charge in [-0.3, -0.25) is 0 Å². The van der Waals surface area contributed by atoms with Crippen molar-refractivity contribution in [3.05, 3.63) is 177 Å². The van der Waals surface area contributed by atoms with Gasteiger partial charge in [0.05, 0.1) is 22.7 Å². The second-order valence-corrected chi connectivity index (χ2v) is 12.9. The van der Waals surface area contributed by atoms with Gasteiger partial charge in [-0.25, -0.2) is 0 Å². The van der Waals surface area contributed by atoms with Gasteiger partial charge in [-0.15, -0.1) is 0 Å². The molecule has 2 aliphatic heterocycles. The molecule has 6 aromatic carbocycles. The summed E-state index contributed by atoms with van der Waals surface area (Å²) in [7, 11) is 0. The van der Waals surface area contributed by atoms with Gasteiger partial charge >= 0.3 is 0 Å². The third kappa shape index (κ3) is 4.17. The summed E-state index contributed by atoms with van der Waals surface area (Å²) in [4.78, 5) is 4.91. The zero-order valence-corrected chi connectivity index (χ0v) is 27.4. The smallest absolute Gasteiger partial charge is 0.0540 e. The summed E-state index contributed by atoms with van der Waals surface area (Å²) in [5.41, 5.74) is 22.7. The molecule has 0 amide bonds. The van der Waals surface area contributed by atoms with Crippen molar-refractivity contribution in [3.63, 3.8) is 0 Å². The third-order valence-corrected chi connectivity index (χ3v) is 10.2. The fourth-order valence-electron chi connectivity index (χ4n) is 7.45. The molecule has 0 saturated heterocycles. The lowest BCUT2D eigenvalue weighted by Gasteiger charge is -2.39. The first-order chi connectivity index (χ1) is 22.3. The highest BCUT2D eigenvalue weighted by molar-refractivity contribution is 6.17. The van der Waals surface area contributed by atoms with E-state index in [1.165, 1.54) is 101 Å². The molecule has 0 saturated carbocycles. The van der Waals surface area contributed by atoms with Crippen molar-refractivity contribution in [1.29, 1.82) is 0 Å². The Morgan fingerprint density at radius 2 is 0.565 bits per heavy atom. The number of hydrogen-bond acceptors (Lipinski definition) is 2. The first-order valence-electron chi connectivity index (χ1n) is 16.2. The molecule has 2 nitrogen and oxygen atoms in total. The van der Waals surface area contributed by atoms with Gasteiger partial charge in [0.2, 0.25) is 0 Å². The fourth-order valence-corrected chi connectivity index (χ4v) is 7.45. The van der Waals surface area contributed by atoms with Crippen LogP contribution in [0.5, 0.6) is 0 Å². The van der Waals surface area contributed by atoms with Gasteiger partial charge in [0.1, 0.15) is 0 Å². The molecule has 0 bridgehead atoms. The quantitative estimate of drug-likeness (QED) is 0.196. The summed E-state index contributed by atoms with van der Waals surface area (Å²) in [6, 6.07) is 45.1. The van der Waals surface area contributed by atoms with Gasteiger partial charge in [0.15, 0.2) is 0 Å². The highest BCUT2D eigenvalue weighted by Gasteiger charge is 2.35. The minimum atomic E-state index is 1.20. The highest BCUT2D eigenvalue weighted by Crippen LogP contribution is 2.56. The molecule has 2 heteroatoms. The van der Waals surface area contributed by atoms with Gasteiger partial charge in [0, 0.05) is 44.8 Å². The van der Waals surface area contributed by atoms with Crippen molar-refractivity contribution in [2.24, 2.45) is 0 Å². The zero-order valence-electron chi connectivity index (χ0n) is 27.4. The molecule has 0 fully saturated rings. The number of rotatable bonds is 2.